The summed E-state index contributed by atoms with van der Waals surface area (Å²) in [7, 11) is 1.59. The maximum atomic E-state index is 11.8. The zero-order valence-corrected chi connectivity index (χ0v) is 11.6. The smallest absolute Gasteiger partial charge is 0.272 e. The van der Waals surface area contributed by atoms with Crippen LogP contribution >= 0.6 is 11.6 Å². The van der Waals surface area contributed by atoms with E-state index in [0.29, 0.717) is 10.6 Å². The molecule has 0 unspecified atom stereocenters. The molecular weight excluding hydrogens is 276 g/mol. The third-order valence-electron chi connectivity index (χ3n) is 2.59. The summed E-state index contributed by atoms with van der Waals surface area (Å²) in [6.07, 6.45) is 1.54. The van der Waals surface area contributed by atoms with Gasteiger partial charge in [0.15, 0.2) is 0 Å². The highest BCUT2D eigenvalue weighted by Gasteiger charge is 2.07. The van der Waals surface area contributed by atoms with Crippen molar-refractivity contribution in [1.82, 2.24) is 5.43 Å². The fourth-order valence-electron chi connectivity index (χ4n) is 1.59. The maximum Gasteiger partial charge on any atom is 0.272 e. The number of carbonyl (C=O) groups excluding carboxylic acids is 1. The highest BCUT2D eigenvalue weighted by Crippen LogP contribution is 2.14. The number of nitrogens with zero attached hydrogens (tertiary/aromatic N) is 1. The number of benzene rings is 2. The molecule has 0 heterocycles. The summed E-state index contributed by atoms with van der Waals surface area (Å²) < 4.78 is 5.10. The van der Waals surface area contributed by atoms with Gasteiger partial charge in [0.1, 0.15) is 5.75 Å². The molecule has 0 atom stereocenters. The minimum atomic E-state index is -0.352. The number of hydrogen-bond donors (Lipinski definition) is 1. The number of nitrogens with one attached hydrogen (secondary N) is 1. The van der Waals surface area contributed by atoms with E-state index in [1.807, 2.05) is 24.3 Å². The molecule has 2 rings (SSSR count). The Morgan fingerprint density at radius 3 is 2.80 bits per heavy atom. The van der Waals surface area contributed by atoms with Crippen LogP contribution in [-0.4, -0.2) is 19.2 Å². The van der Waals surface area contributed by atoms with Crippen molar-refractivity contribution in [1.29, 1.82) is 0 Å². The highest BCUT2D eigenvalue weighted by molar-refractivity contribution is 6.33. The molecule has 1 amide bonds. The monoisotopic (exact) mass is 288 g/mol. The first-order valence-corrected chi connectivity index (χ1v) is 6.30. The highest BCUT2D eigenvalue weighted by atomic mass is 35.5. The van der Waals surface area contributed by atoms with Gasteiger partial charge in [-0.15, -0.1) is 0 Å². The molecular formula is C15H13ClN2O2. The minimum absolute atomic E-state index is 0.352. The van der Waals surface area contributed by atoms with E-state index in [4.69, 9.17) is 16.3 Å². The van der Waals surface area contributed by atoms with E-state index in [1.165, 1.54) is 6.21 Å². The van der Waals surface area contributed by atoms with E-state index in [-0.39, 0.29) is 5.91 Å². The zero-order valence-electron chi connectivity index (χ0n) is 10.8. The topological polar surface area (TPSA) is 50.7 Å². The van der Waals surface area contributed by atoms with Crippen LogP contribution < -0.4 is 10.2 Å². The average Bonchev–Trinajstić information content (AvgIpc) is 2.48. The molecule has 0 radical (unpaired) electrons. The normalized spacial score (nSPS) is 10.5. The summed E-state index contributed by atoms with van der Waals surface area (Å²) >= 11 is 5.93. The second kappa shape index (κ2) is 6.73. The van der Waals surface area contributed by atoms with Gasteiger partial charge in [-0.3, -0.25) is 4.79 Å². The molecule has 0 aliphatic heterocycles. The van der Waals surface area contributed by atoms with Crippen LogP contribution in [0.5, 0.6) is 5.75 Å². The molecule has 20 heavy (non-hydrogen) atoms. The summed E-state index contributed by atoms with van der Waals surface area (Å²) in [6, 6.07) is 14.1. The summed E-state index contributed by atoms with van der Waals surface area (Å²) in [6.45, 7) is 0. The number of halogens is 1. The Balaban J connectivity index is 2.03. The van der Waals surface area contributed by atoms with E-state index in [1.54, 1.807) is 31.4 Å². The van der Waals surface area contributed by atoms with Crippen molar-refractivity contribution in [2.75, 3.05) is 7.11 Å². The van der Waals surface area contributed by atoms with E-state index < -0.39 is 0 Å². The van der Waals surface area contributed by atoms with Gasteiger partial charge >= 0.3 is 0 Å². The van der Waals surface area contributed by atoms with E-state index >= 15 is 0 Å². The Bertz CT molecular complexity index is 641. The first-order chi connectivity index (χ1) is 9.70. The molecule has 1 N–H and O–H groups in total. The van der Waals surface area contributed by atoms with Crippen molar-refractivity contribution in [2.24, 2.45) is 5.10 Å². The van der Waals surface area contributed by atoms with Gasteiger partial charge in [-0.1, -0.05) is 35.9 Å². The van der Waals surface area contributed by atoms with Crippen molar-refractivity contribution in [3.05, 3.63) is 64.7 Å². The van der Waals surface area contributed by atoms with Crippen LogP contribution in [0, 0.1) is 0 Å². The molecule has 0 aromatic heterocycles. The standard InChI is InChI=1S/C15H13ClN2O2/c1-20-12-6-4-5-11(9-12)10-17-18-15(19)13-7-2-3-8-14(13)16/h2-10H,1H3,(H,18,19)/b17-10-. The van der Waals surface area contributed by atoms with Gasteiger partial charge in [0.25, 0.3) is 5.91 Å². The number of hydrazone groups is 1. The van der Waals surface area contributed by atoms with Crippen molar-refractivity contribution < 1.29 is 9.53 Å². The van der Waals surface area contributed by atoms with Crippen LogP contribution in [0.25, 0.3) is 0 Å². The Kier molecular flexibility index (Phi) is 4.74. The second-order valence-corrected chi connectivity index (χ2v) is 4.36. The number of amides is 1. The van der Waals surface area contributed by atoms with Crippen LogP contribution in [0.2, 0.25) is 5.02 Å². The van der Waals surface area contributed by atoms with Gasteiger partial charge in [0.2, 0.25) is 0 Å². The van der Waals surface area contributed by atoms with Gasteiger partial charge in [0, 0.05) is 0 Å². The zero-order chi connectivity index (χ0) is 14.4. The number of methoxy groups -OCH3 is 1. The molecule has 0 fully saturated rings. The number of ether oxygens (including phenoxy) is 1. The molecule has 0 bridgehead atoms. The first-order valence-electron chi connectivity index (χ1n) is 5.92. The van der Waals surface area contributed by atoms with Crippen molar-refractivity contribution in [2.45, 2.75) is 0 Å². The third-order valence-corrected chi connectivity index (χ3v) is 2.92. The first kappa shape index (κ1) is 14.1. The molecule has 102 valence electrons. The number of rotatable bonds is 4. The number of hydrogen-bond acceptors (Lipinski definition) is 3. The lowest BCUT2D eigenvalue weighted by molar-refractivity contribution is 0.0955. The fourth-order valence-corrected chi connectivity index (χ4v) is 1.81. The molecule has 0 saturated heterocycles. The Morgan fingerprint density at radius 1 is 1.25 bits per heavy atom. The van der Waals surface area contributed by atoms with Gasteiger partial charge < -0.3 is 4.74 Å². The minimum Gasteiger partial charge on any atom is -0.497 e. The molecule has 0 aliphatic carbocycles. The quantitative estimate of drug-likeness (QED) is 0.694. The molecule has 2 aromatic carbocycles. The Hall–Kier alpha value is -2.33. The molecule has 0 aliphatic rings. The maximum absolute atomic E-state index is 11.8. The predicted octanol–water partition coefficient (Wildman–Crippen LogP) is 3.11. The lowest BCUT2D eigenvalue weighted by atomic mass is 10.2. The van der Waals surface area contributed by atoms with Crippen LogP contribution in [0.3, 0.4) is 0 Å². The summed E-state index contributed by atoms with van der Waals surface area (Å²) in [5.41, 5.74) is 3.64. The lowest BCUT2D eigenvalue weighted by Crippen LogP contribution is -2.17. The van der Waals surface area contributed by atoms with Crippen LogP contribution in [-0.2, 0) is 0 Å². The van der Waals surface area contributed by atoms with Gasteiger partial charge in [-0.25, -0.2) is 5.43 Å². The molecule has 4 nitrogen and oxygen atoms in total. The van der Waals surface area contributed by atoms with Crippen molar-refractivity contribution >= 4 is 23.7 Å². The summed E-state index contributed by atoms with van der Waals surface area (Å²) in [4.78, 5) is 11.8. The van der Waals surface area contributed by atoms with Crippen LogP contribution in [0.15, 0.2) is 53.6 Å². The third kappa shape index (κ3) is 3.59. The van der Waals surface area contributed by atoms with Gasteiger partial charge in [0.05, 0.1) is 23.9 Å². The largest absolute Gasteiger partial charge is 0.497 e. The van der Waals surface area contributed by atoms with E-state index in [9.17, 15) is 4.79 Å². The SMILES string of the molecule is COc1cccc(/C=N\NC(=O)c2ccccc2Cl)c1. The van der Waals surface area contributed by atoms with E-state index in [0.717, 1.165) is 11.3 Å². The Labute approximate surface area is 122 Å². The Morgan fingerprint density at radius 2 is 2.05 bits per heavy atom. The van der Waals surface area contributed by atoms with Crippen molar-refractivity contribution in [3.63, 3.8) is 0 Å². The van der Waals surface area contributed by atoms with Gasteiger partial charge in [-0.05, 0) is 29.8 Å². The molecule has 0 saturated carbocycles. The van der Waals surface area contributed by atoms with Crippen LogP contribution in [0.1, 0.15) is 15.9 Å². The van der Waals surface area contributed by atoms with E-state index in [2.05, 4.69) is 10.5 Å². The summed E-state index contributed by atoms with van der Waals surface area (Å²) in [5, 5.41) is 4.29. The lowest BCUT2D eigenvalue weighted by Gasteiger charge is -2.02. The molecule has 5 heteroatoms. The number of carbonyl (C=O) groups is 1. The predicted molar refractivity (Wildman–Crippen MR) is 79.5 cm³/mol. The molecule has 2 aromatic rings. The summed E-state index contributed by atoms with van der Waals surface area (Å²) in [5.74, 6) is 0.376. The van der Waals surface area contributed by atoms with Crippen molar-refractivity contribution in [3.8, 4) is 5.75 Å². The average molecular weight is 289 g/mol. The van der Waals surface area contributed by atoms with Crippen LogP contribution in [0.4, 0.5) is 0 Å². The fraction of sp³-hybridized carbons (Fsp3) is 0.0667. The molecule has 0 spiro atoms. The van der Waals surface area contributed by atoms with Gasteiger partial charge in [-0.2, -0.15) is 5.10 Å². The second-order valence-electron chi connectivity index (χ2n) is 3.96.